The van der Waals surface area contributed by atoms with Gasteiger partial charge in [0.1, 0.15) is 18.1 Å². The number of hydrogen-bond donors (Lipinski definition) is 2. The molecule has 0 spiro atoms. The predicted molar refractivity (Wildman–Crippen MR) is 102 cm³/mol. The standard InChI is InChI=1S/C19H22FN3OS/c1-24-16-8-6-15(7-9-16)14-22-10-12-23(13-11-22)19(25)21-18-5-3-2-4-17(18)20/h2-9H,10-14H2,1H3,(H,21,25)/p+1. The third-order valence-electron chi connectivity index (χ3n) is 4.49. The molecular weight excluding hydrogens is 337 g/mol. The van der Waals surface area contributed by atoms with E-state index in [1.807, 2.05) is 12.1 Å². The number of para-hydroxylation sites is 1. The summed E-state index contributed by atoms with van der Waals surface area (Å²) in [6.45, 7) is 4.74. The predicted octanol–water partition coefficient (Wildman–Crippen LogP) is 1.93. The molecule has 3 rings (SSSR count). The first-order chi connectivity index (χ1) is 12.2. The zero-order valence-corrected chi connectivity index (χ0v) is 15.1. The average molecular weight is 360 g/mol. The Balaban J connectivity index is 1.49. The quantitative estimate of drug-likeness (QED) is 0.816. The van der Waals surface area contributed by atoms with Crippen LogP contribution in [0.2, 0.25) is 0 Å². The van der Waals surface area contributed by atoms with Crippen LogP contribution in [0.5, 0.6) is 5.75 Å². The number of thiocarbonyl (C=S) groups is 1. The van der Waals surface area contributed by atoms with Gasteiger partial charge in [0.2, 0.25) is 0 Å². The summed E-state index contributed by atoms with van der Waals surface area (Å²) in [5.41, 5.74) is 1.73. The minimum atomic E-state index is -0.284. The molecule has 0 bridgehead atoms. The molecule has 0 unspecified atom stereocenters. The van der Waals surface area contributed by atoms with Crippen molar-refractivity contribution in [3.8, 4) is 5.75 Å². The summed E-state index contributed by atoms with van der Waals surface area (Å²) in [5, 5.41) is 3.61. The van der Waals surface area contributed by atoms with Gasteiger partial charge in [0.15, 0.2) is 5.11 Å². The van der Waals surface area contributed by atoms with Crippen LogP contribution in [0.3, 0.4) is 0 Å². The van der Waals surface area contributed by atoms with Crippen molar-refractivity contribution in [2.24, 2.45) is 0 Å². The van der Waals surface area contributed by atoms with Gasteiger partial charge < -0.3 is 19.9 Å². The molecule has 0 radical (unpaired) electrons. The van der Waals surface area contributed by atoms with Gasteiger partial charge in [-0.3, -0.25) is 0 Å². The lowest BCUT2D eigenvalue weighted by Crippen LogP contribution is -3.13. The van der Waals surface area contributed by atoms with Crippen molar-refractivity contribution in [1.29, 1.82) is 0 Å². The van der Waals surface area contributed by atoms with Crippen molar-refractivity contribution in [3.05, 3.63) is 59.9 Å². The van der Waals surface area contributed by atoms with E-state index in [-0.39, 0.29) is 5.82 Å². The molecule has 0 saturated carbocycles. The Kier molecular flexibility index (Phi) is 5.83. The summed E-state index contributed by atoms with van der Waals surface area (Å²) >= 11 is 5.44. The highest BCUT2D eigenvalue weighted by Gasteiger charge is 2.22. The van der Waals surface area contributed by atoms with Crippen LogP contribution in [0.15, 0.2) is 48.5 Å². The van der Waals surface area contributed by atoms with Crippen LogP contribution >= 0.6 is 12.2 Å². The third-order valence-corrected chi connectivity index (χ3v) is 4.85. The summed E-state index contributed by atoms with van der Waals surface area (Å²) in [6.07, 6.45) is 0. The molecule has 4 nitrogen and oxygen atoms in total. The zero-order chi connectivity index (χ0) is 17.6. The maximum atomic E-state index is 13.7. The maximum Gasteiger partial charge on any atom is 0.173 e. The van der Waals surface area contributed by atoms with Crippen LogP contribution < -0.4 is 15.0 Å². The van der Waals surface area contributed by atoms with E-state index in [0.717, 1.165) is 38.5 Å². The van der Waals surface area contributed by atoms with Crippen molar-refractivity contribution >= 4 is 23.0 Å². The molecule has 1 heterocycles. The Morgan fingerprint density at radius 2 is 1.84 bits per heavy atom. The van der Waals surface area contributed by atoms with Gasteiger partial charge in [0.25, 0.3) is 0 Å². The lowest BCUT2D eigenvalue weighted by Gasteiger charge is -2.34. The summed E-state index contributed by atoms with van der Waals surface area (Å²) < 4.78 is 18.9. The number of piperazine rings is 1. The Bertz CT molecular complexity index is 715. The van der Waals surface area contributed by atoms with E-state index >= 15 is 0 Å². The number of benzene rings is 2. The van der Waals surface area contributed by atoms with Crippen LogP contribution in [0.1, 0.15) is 5.56 Å². The van der Waals surface area contributed by atoms with Gasteiger partial charge in [-0.15, -0.1) is 0 Å². The minimum Gasteiger partial charge on any atom is -0.497 e. The van der Waals surface area contributed by atoms with E-state index in [1.54, 1.807) is 25.3 Å². The van der Waals surface area contributed by atoms with E-state index < -0.39 is 0 Å². The normalized spacial score (nSPS) is 15.0. The van der Waals surface area contributed by atoms with Gasteiger partial charge >= 0.3 is 0 Å². The van der Waals surface area contributed by atoms with Gasteiger partial charge in [-0.2, -0.15) is 0 Å². The zero-order valence-electron chi connectivity index (χ0n) is 14.3. The van der Waals surface area contributed by atoms with Gasteiger partial charge in [-0.25, -0.2) is 4.39 Å². The highest BCUT2D eigenvalue weighted by atomic mass is 32.1. The Labute approximate surface area is 153 Å². The van der Waals surface area contributed by atoms with Crippen LogP contribution in [0, 0.1) is 5.82 Å². The molecule has 0 aliphatic carbocycles. The Morgan fingerprint density at radius 1 is 1.16 bits per heavy atom. The second-order valence-corrected chi connectivity index (χ2v) is 6.56. The van der Waals surface area contributed by atoms with E-state index in [2.05, 4.69) is 22.3 Å². The molecule has 1 saturated heterocycles. The number of quaternary nitrogens is 1. The van der Waals surface area contributed by atoms with E-state index in [4.69, 9.17) is 17.0 Å². The number of hydrogen-bond acceptors (Lipinski definition) is 2. The van der Waals surface area contributed by atoms with Gasteiger partial charge in [-0.05, 0) is 48.6 Å². The van der Waals surface area contributed by atoms with Gasteiger partial charge in [0.05, 0.1) is 39.0 Å². The highest BCUT2D eigenvalue weighted by molar-refractivity contribution is 7.80. The molecule has 2 aromatic carbocycles. The SMILES string of the molecule is COc1ccc(C[NH+]2CCN(C(=S)Nc3ccccc3F)CC2)cc1. The summed E-state index contributed by atoms with van der Waals surface area (Å²) in [5.74, 6) is 0.599. The molecule has 0 amide bonds. The first-order valence-corrected chi connectivity index (χ1v) is 8.83. The largest absolute Gasteiger partial charge is 0.497 e. The average Bonchev–Trinajstić information content (AvgIpc) is 2.65. The number of anilines is 1. The fourth-order valence-electron chi connectivity index (χ4n) is 2.99. The number of nitrogens with one attached hydrogen (secondary N) is 2. The third kappa shape index (κ3) is 4.67. The molecular formula is C19H23FN3OS+. The molecule has 1 aliphatic rings. The lowest BCUT2D eigenvalue weighted by atomic mass is 10.2. The van der Waals surface area contributed by atoms with E-state index in [0.29, 0.717) is 10.8 Å². The maximum absolute atomic E-state index is 13.7. The number of halogens is 1. The van der Waals surface area contributed by atoms with Crippen LogP contribution in [0.25, 0.3) is 0 Å². The molecule has 25 heavy (non-hydrogen) atoms. The molecule has 6 heteroatoms. The molecule has 132 valence electrons. The second-order valence-electron chi connectivity index (χ2n) is 6.17. The molecule has 1 aliphatic heterocycles. The van der Waals surface area contributed by atoms with E-state index in [9.17, 15) is 4.39 Å². The molecule has 2 N–H and O–H groups in total. The van der Waals surface area contributed by atoms with Crippen molar-refractivity contribution < 1.29 is 14.0 Å². The van der Waals surface area contributed by atoms with E-state index in [1.165, 1.54) is 16.5 Å². The topological polar surface area (TPSA) is 28.9 Å². The second kappa shape index (κ2) is 8.27. The molecule has 1 fully saturated rings. The van der Waals surface area contributed by atoms with Gasteiger partial charge in [0, 0.05) is 5.56 Å². The lowest BCUT2D eigenvalue weighted by molar-refractivity contribution is -0.917. The fourth-order valence-corrected chi connectivity index (χ4v) is 3.28. The smallest absolute Gasteiger partial charge is 0.173 e. The number of ether oxygens (including phenoxy) is 1. The summed E-state index contributed by atoms with van der Waals surface area (Å²) in [6, 6.07) is 14.8. The van der Waals surface area contributed by atoms with Gasteiger partial charge in [-0.1, -0.05) is 12.1 Å². The minimum absolute atomic E-state index is 0.284. The number of rotatable bonds is 4. The Hall–Kier alpha value is -2.18. The fraction of sp³-hybridized carbons (Fsp3) is 0.316. The first kappa shape index (κ1) is 17.6. The molecule has 0 aromatic heterocycles. The number of nitrogens with zero attached hydrogens (tertiary/aromatic N) is 1. The highest BCUT2D eigenvalue weighted by Crippen LogP contribution is 2.13. The van der Waals surface area contributed by atoms with Crippen LogP contribution in [-0.2, 0) is 6.54 Å². The van der Waals surface area contributed by atoms with Crippen molar-refractivity contribution in [2.75, 3.05) is 38.6 Å². The van der Waals surface area contributed by atoms with Crippen molar-refractivity contribution in [2.45, 2.75) is 6.54 Å². The molecule has 0 atom stereocenters. The van der Waals surface area contributed by atoms with Crippen LogP contribution in [0.4, 0.5) is 10.1 Å². The Morgan fingerprint density at radius 3 is 2.48 bits per heavy atom. The van der Waals surface area contributed by atoms with Crippen LogP contribution in [-0.4, -0.2) is 43.3 Å². The van der Waals surface area contributed by atoms with Crippen molar-refractivity contribution in [1.82, 2.24) is 4.90 Å². The monoisotopic (exact) mass is 360 g/mol. The summed E-state index contributed by atoms with van der Waals surface area (Å²) in [7, 11) is 1.68. The molecule has 2 aromatic rings. The van der Waals surface area contributed by atoms with Crippen molar-refractivity contribution in [3.63, 3.8) is 0 Å². The first-order valence-electron chi connectivity index (χ1n) is 8.42. The number of methoxy groups -OCH3 is 1. The summed E-state index contributed by atoms with van der Waals surface area (Å²) in [4.78, 5) is 3.63.